The topological polar surface area (TPSA) is 168 Å². The number of ether oxygens (including phenoxy) is 1. The maximum absolute atomic E-state index is 13.4. The summed E-state index contributed by atoms with van der Waals surface area (Å²) < 4.78 is 4.88. The first-order chi connectivity index (χ1) is 22.2. The number of carbonyl (C=O) groups excluding carboxylic acids is 4. The van der Waals surface area contributed by atoms with Crippen LogP contribution in [0, 0.1) is 0 Å². The lowest BCUT2D eigenvalue weighted by Gasteiger charge is -2.18. The third-order valence-electron chi connectivity index (χ3n) is 6.42. The van der Waals surface area contributed by atoms with E-state index in [1.807, 2.05) is 30.3 Å². The van der Waals surface area contributed by atoms with Crippen molar-refractivity contribution in [3.8, 4) is 0 Å². The van der Waals surface area contributed by atoms with Crippen molar-refractivity contribution in [2.75, 3.05) is 23.5 Å². The predicted molar refractivity (Wildman–Crippen MR) is 181 cm³/mol. The Balaban J connectivity index is 1.67. The van der Waals surface area contributed by atoms with Crippen LogP contribution in [-0.2, 0) is 25.5 Å². The van der Waals surface area contributed by atoms with Gasteiger partial charge in [0.05, 0.1) is 12.3 Å². The van der Waals surface area contributed by atoms with Crippen LogP contribution < -0.4 is 26.8 Å². The Hall–Kier alpha value is -5.33. The van der Waals surface area contributed by atoms with Crippen LogP contribution in [0.25, 0.3) is 6.08 Å². The van der Waals surface area contributed by atoms with E-state index < -0.39 is 17.9 Å². The lowest BCUT2D eigenvalue weighted by molar-refractivity contribution is -0.143. The molecule has 3 aromatic carbocycles. The van der Waals surface area contributed by atoms with E-state index in [1.54, 1.807) is 49.4 Å². The molecule has 0 aliphatic carbocycles. The van der Waals surface area contributed by atoms with Crippen molar-refractivity contribution < 1.29 is 23.9 Å². The highest BCUT2D eigenvalue weighted by atomic mass is 35.5. The number of esters is 1. The number of amides is 3. The summed E-state index contributed by atoms with van der Waals surface area (Å²) in [6.45, 7) is 5.64. The van der Waals surface area contributed by atoms with Crippen LogP contribution in [0.3, 0.4) is 0 Å². The summed E-state index contributed by atoms with van der Waals surface area (Å²) in [4.78, 5) is 50.3. The fourth-order valence-corrected chi connectivity index (χ4v) is 4.38. The Labute approximate surface area is 272 Å². The second-order valence-corrected chi connectivity index (χ2v) is 10.2. The van der Waals surface area contributed by atoms with Gasteiger partial charge in [0.1, 0.15) is 12.4 Å². The number of halogens is 1. The Morgan fingerprint density at radius 3 is 2.50 bits per heavy atom. The van der Waals surface area contributed by atoms with E-state index in [9.17, 15) is 19.2 Å². The molecule has 0 bridgehead atoms. The molecular weight excluding hydrogens is 610 g/mol. The number of benzene rings is 3. The van der Waals surface area contributed by atoms with Crippen molar-refractivity contribution in [2.45, 2.75) is 32.2 Å². The summed E-state index contributed by atoms with van der Waals surface area (Å²) in [5, 5.41) is 17.0. The zero-order valence-corrected chi connectivity index (χ0v) is 26.1. The number of nitrogens with zero attached hydrogens (tertiary/aromatic N) is 3. The third-order valence-corrected chi connectivity index (χ3v) is 6.65. The third kappa shape index (κ3) is 11.6. The van der Waals surface area contributed by atoms with E-state index in [2.05, 4.69) is 32.9 Å². The zero-order chi connectivity index (χ0) is 33.3. The van der Waals surface area contributed by atoms with Crippen LogP contribution in [0.4, 0.5) is 11.4 Å². The van der Waals surface area contributed by atoms with E-state index >= 15 is 0 Å². The van der Waals surface area contributed by atoms with Gasteiger partial charge in [0.15, 0.2) is 0 Å². The van der Waals surface area contributed by atoms with Crippen molar-refractivity contribution in [1.82, 2.24) is 10.6 Å². The largest absolute Gasteiger partial charge is 0.466 e. The molecule has 5 N–H and O–H groups in total. The Morgan fingerprint density at radius 1 is 1.07 bits per heavy atom. The fourth-order valence-electron chi connectivity index (χ4n) is 4.20. The van der Waals surface area contributed by atoms with Gasteiger partial charge in [-0.05, 0) is 67.4 Å². The van der Waals surface area contributed by atoms with Gasteiger partial charge in [-0.15, -0.1) is 5.10 Å². The second kappa shape index (κ2) is 18.5. The average Bonchev–Trinajstić information content (AvgIpc) is 3.05. The summed E-state index contributed by atoms with van der Waals surface area (Å²) in [5.74, 6) is 4.42. The number of anilines is 2. The van der Waals surface area contributed by atoms with Crippen molar-refractivity contribution in [3.05, 3.63) is 101 Å². The summed E-state index contributed by atoms with van der Waals surface area (Å²) >= 11 is 6.16. The van der Waals surface area contributed by atoms with Gasteiger partial charge in [-0.3, -0.25) is 24.2 Å². The first-order valence-electron chi connectivity index (χ1n) is 14.4. The zero-order valence-electron chi connectivity index (χ0n) is 25.3. The minimum absolute atomic E-state index is 0.215. The molecule has 3 aromatic rings. The molecule has 0 aliphatic heterocycles. The van der Waals surface area contributed by atoms with Gasteiger partial charge in [0, 0.05) is 54.0 Å². The summed E-state index contributed by atoms with van der Waals surface area (Å²) in [6, 6.07) is 19.6. The smallest absolute Gasteiger partial charge is 0.305 e. The van der Waals surface area contributed by atoms with Crippen molar-refractivity contribution >= 4 is 65.8 Å². The number of nitrogens with two attached hydrogens (primary N) is 1. The lowest BCUT2D eigenvalue weighted by Crippen LogP contribution is -2.44. The molecule has 3 amide bonds. The van der Waals surface area contributed by atoms with Gasteiger partial charge in [0.25, 0.3) is 5.91 Å². The number of carbonyl (C=O) groups is 4. The van der Waals surface area contributed by atoms with Crippen LogP contribution in [0.15, 0.2) is 89.1 Å². The molecule has 46 heavy (non-hydrogen) atoms. The Morgan fingerprint density at radius 2 is 1.80 bits per heavy atom. The lowest BCUT2D eigenvalue weighted by atomic mass is 10.0. The number of hydrogen-bond acceptors (Lipinski definition) is 8. The number of nitrogens with one attached hydrogen (secondary N) is 3. The monoisotopic (exact) mass is 645 g/mol. The number of hydrogen-bond donors (Lipinski definition) is 4. The molecule has 0 heterocycles. The quantitative estimate of drug-likeness (QED) is 0.0346. The van der Waals surface area contributed by atoms with Crippen LogP contribution in [-0.4, -0.2) is 55.9 Å². The van der Waals surface area contributed by atoms with Gasteiger partial charge in [-0.1, -0.05) is 41.9 Å². The van der Waals surface area contributed by atoms with Crippen LogP contribution in [0.1, 0.15) is 41.3 Å². The molecule has 0 aliphatic rings. The first kappa shape index (κ1) is 35.2. The molecule has 0 radical (unpaired) electrons. The molecule has 0 spiro atoms. The molecule has 0 saturated carbocycles. The van der Waals surface area contributed by atoms with E-state index in [-0.39, 0.29) is 24.7 Å². The Kier molecular flexibility index (Phi) is 14.1. The van der Waals surface area contributed by atoms with E-state index in [0.29, 0.717) is 47.1 Å². The SMILES string of the molecule is C=N/N=C\N(N)c1ccc(Cl)cc1/C=C/C(=O)N[C@@H](Cc1ccccc1)C(=O)Nc1ccc(C(=O)NCCCC(=O)OCC)cc1. The first-order valence-corrected chi connectivity index (χ1v) is 14.8. The van der Waals surface area contributed by atoms with Gasteiger partial charge in [-0.2, -0.15) is 5.10 Å². The fraction of sp³-hybridized carbons (Fsp3) is 0.212. The summed E-state index contributed by atoms with van der Waals surface area (Å²) in [6.07, 6.45) is 4.94. The number of hydrazine groups is 1. The molecular formula is C33H36ClN7O5. The maximum atomic E-state index is 13.4. The van der Waals surface area contributed by atoms with Crippen molar-refractivity contribution in [1.29, 1.82) is 0 Å². The summed E-state index contributed by atoms with van der Waals surface area (Å²) in [5.41, 5.74) is 2.68. The standard InChI is InChI=1S/C33H36ClN7O5/c1-3-46-31(43)10-7-19-37-32(44)24-11-15-27(16-12-24)39-33(45)28(20-23-8-5-4-6-9-23)40-30(42)18-13-25-21-26(34)14-17-29(25)41(35)22-38-36-2/h4-6,8-9,11-18,21-22,28H,2-3,7,10,19-20,35H2,1H3,(H,37,44)(H,39,45)(H,40,42)/b18-13+,38-22-/t28-/m0/s1. The maximum Gasteiger partial charge on any atom is 0.305 e. The average molecular weight is 646 g/mol. The van der Waals surface area contributed by atoms with E-state index in [0.717, 1.165) is 5.56 Å². The molecule has 12 nitrogen and oxygen atoms in total. The van der Waals surface area contributed by atoms with Crippen molar-refractivity contribution in [3.63, 3.8) is 0 Å². The van der Waals surface area contributed by atoms with Gasteiger partial charge >= 0.3 is 5.97 Å². The molecule has 0 fully saturated rings. The second-order valence-electron chi connectivity index (χ2n) is 9.80. The minimum Gasteiger partial charge on any atom is -0.466 e. The molecule has 240 valence electrons. The van der Waals surface area contributed by atoms with Crippen LogP contribution in [0.5, 0.6) is 0 Å². The molecule has 0 aromatic heterocycles. The molecule has 13 heteroatoms. The van der Waals surface area contributed by atoms with Gasteiger partial charge < -0.3 is 20.7 Å². The predicted octanol–water partition coefficient (Wildman–Crippen LogP) is 4.12. The van der Waals surface area contributed by atoms with Gasteiger partial charge in [-0.25, -0.2) is 5.84 Å². The molecule has 0 saturated heterocycles. The molecule has 0 unspecified atom stereocenters. The minimum atomic E-state index is -0.933. The van der Waals surface area contributed by atoms with Gasteiger partial charge in [0.2, 0.25) is 11.8 Å². The van der Waals surface area contributed by atoms with Crippen LogP contribution >= 0.6 is 11.6 Å². The molecule has 1 atom stereocenters. The highest BCUT2D eigenvalue weighted by molar-refractivity contribution is 6.30. The number of rotatable bonds is 16. The highest BCUT2D eigenvalue weighted by Crippen LogP contribution is 2.23. The van der Waals surface area contributed by atoms with E-state index in [4.69, 9.17) is 22.2 Å². The van der Waals surface area contributed by atoms with Crippen molar-refractivity contribution in [2.24, 2.45) is 16.0 Å². The normalized spacial score (nSPS) is 11.5. The van der Waals surface area contributed by atoms with E-state index in [1.165, 1.54) is 23.5 Å². The highest BCUT2D eigenvalue weighted by Gasteiger charge is 2.21. The summed E-state index contributed by atoms with van der Waals surface area (Å²) in [7, 11) is 0. The molecule has 3 rings (SSSR count). The van der Waals surface area contributed by atoms with Crippen LogP contribution in [0.2, 0.25) is 5.02 Å². The Bertz CT molecular complexity index is 1560.